The normalized spacial score (nSPS) is 10.9. The van der Waals surface area contributed by atoms with E-state index in [2.05, 4.69) is 47.0 Å². The van der Waals surface area contributed by atoms with E-state index in [1.807, 2.05) is 115 Å². The highest BCUT2D eigenvalue weighted by molar-refractivity contribution is 6.11. The predicted octanol–water partition coefficient (Wildman–Crippen LogP) is 9.38. The van der Waals surface area contributed by atoms with Gasteiger partial charge >= 0.3 is 0 Å². The number of hydrogen-bond acceptors (Lipinski definition) is 5. The smallest absolute Gasteiger partial charge is 0.166 e. The van der Waals surface area contributed by atoms with Gasteiger partial charge in [-0.15, -0.1) is 0 Å². The van der Waals surface area contributed by atoms with Crippen LogP contribution in [0.25, 0.3) is 72.8 Å². The summed E-state index contributed by atoms with van der Waals surface area (Å²) in [6.07, 6.45) is 0. The van der Waals surface area contributed by atoms with Gasteiger partial charge in [0, 0.05) is 27.5 Å². The maximum atomic E-state index is 9.99. The highest BCUT2D eigenvalue weighted by Crippen LogP contribution is 2.38. The van der Waals surface area contributed by atoms with Gasteiger partial charge in [-0.1, -0.05) is 97.1 Å². The lowest BCUT2D eigenvalue weighted by atomic mass is 10.0. The second-order valence-corrected chi connectivity index (χ2v) is 11.2. The van der Waals surface area contributed by atoms with E-state index in [4.69, 9.17) is 15.0 Å². The second kappa shape index (κ2) is 11.6. The van der Waals surface area contributed by atoms with Gasteiger partial charge in [-0.3, -0.25) is 0 Å². The molecule has 6 aromatic carbocycles. The molecule has 0 aliphatic heterocycles. The summed E-state index contributed by atoms with van der Waals surface area (Å²) in [5.41, 5.74) is 8.45. The van der Waals surface area contributed by atoms with Gasteiger partial charge in [-0.25, -0.2) is 15.0 Å². The summed E-state index contributed by atoms with van der Waals surface area (Å²) in [5.74, 6) is 1.57. The van der Waals surface area contributed by atoms with Gasteiger partial charge in [-0.2, -0.15) is 10.5 Å². The second-order valence-electron chi connectivity index (χ2n) is 11.2. The third-order valence-electron chi connectivity index (χ3n) is 8.30. The summed E-state index contributed by atoms with van der Waals surface area (Å²) in [6, 6.07) is 52.3. The molecule has 0 atom stereocenters. The first-order valence-corrected chi connectivity index (χ1v) is 15.2. The Bertz CT molecular complexity index is 2480. The zero-order chi connectivity index (χ0) is 31.7. The summed E-state index contributed by atoms with van der Waals surface area (Å²) >= 11 is 0. The number of para-hydroxylation sites is 1. The van der Waals surface area contributed by atoms with E-state index in [1.54, 1.807) is 0 Å². The van der Waals surface area contributed by atoms with Crippen LogP contribution in [0.4, 0.5) is 0 Å². The fourth-order valence-electron chi connectivity index (χ4n) is 6.09. The molecule has 0 saturated carbocycles. The lowest BCUT2D eigenvalue weighted by Gasteiger charge is -2.15. The topological polar surface area (TPSA) is 91.2 Å². The lowest BCUT2D eigenvalue weighted by Crippen LogP contribution is -2.04. The van der Waals surface area contributed by atoms with E-state index in [0.29, 0.717) is 34.2 Å². The summed E-state index contributed by atoms with van der Waals surface area (Å²) < 4.78 is 2.21. The Hall–Kier alpha value is -6.89. The van der Waals surface area contributed by atoms with Crippen LogP contribution in [0.3, 0.4) is 0 Å². The molecule has 0 aliphatic rings. The van der Waals surface area contributed by atoms with Gasteiger partial charge in [-0.05, 0) is 59.7 Å². The zero-order valence-electron chi connectivity index (χ0n) is 25.0. The molecule has 0 radical (unpaired) electrons. The van der Waals surface area contributed by atoms with E-state index in [0.717, 1.165) is 49.7 Å². The van der Waals surface area contributed by atoms with Crippen molar-refractivity contribution in [1.82, 2.24) is 19.5 Å². The van der Waals surface area contributed by atoms with Crippen LogP contribution in [0.5, 0.6) is 0 Å². The van der Waals surface area contributed by atoms with Crippen molar-refractivity contribution in [1.29, 1.82) is 10.5 Å². The van der Waals surface area contributed by atoms with Crippen LogP contribution in [-0.2, 0) is 0 Å². The summed E-state index contributed by atoms with van der Waals surface area (Å²) in [5, 5.41) is 21.6. The van der Waals surface area contributed by atoms with Crippen LogP contribution < -0.4 is 0 Å². The van der Waals surface area contributed by atoms with Gasteiger partial charge in [0.2, 0.25) is 0 Å². The molecule has 8 rings (SSSR count). The molecular formula is C41H24N6. The fourth-order valence-corrected chi connectivity index (χ4v) is 6.09. The number of nitriles is 2. The number of benzene rings is 6. The van der Waals surface area contributed by atoms with Crippen LogP contribution in [-0.4, -0.2) is 19.5 Å². The zero-order valence-corrected chi connectivity index (χ0v) is 25.0. The Morgan fingerprint density at radius 1 is 0.426 bits per heavy atom. The van der Waals surface area contributed by atoms with E-state index in [9.17, 15) is 10.5 Å². The quantitative estimate of drug-likeness (QED) is 0.196. The van der Waals surface area contributed by atoms with E-state index in [-0.39, 0.29) is 0 Å². The molecule has 0 fully saturated rings. The minimum atomic E-state index is 0.473. The third-order valence-corrected chi connectivity index (χ3v) is 8.30. The van der Waals surface area contributed by atoms with Gasteiger partial charge in [0.25, 0.3) is 0 Å². The van der Waals surface area contributed by atoms with Crippen LogP contribution in [0.1, 0.15) is 11.1 Å². The Labute approximate surface area is 271 Å². The van der Waals surface area contributed by atoms with Gasteiger partial charge in [0.15, 0.2) is 17.5 Å². The molecule has 47 heavy (non-hydrogen) atoms. The number of nitrogens with zero attached hydrogens (tertiary/aromatic N) is 6. The van der Waals surface area contributed by atoms with Crippen molar-refractivity contribution in [2.45, 2.75) is 0 Å². The molecule has 2 heterocycles. The van der Waals surface area contributed by atoms with Gasteiger partial charge < -0.3 is 4.57 Å². The Morgan fingerprint density at radius 3 is 1.70 bits per heavy atom. The summed E-state index contributed by atoms with van der Waals surface area (Å²) in [4.78, 5) is 14.9. The van der Waals surface area contributed by atoms with Crippen molar-refractivity contribution in [3.63, 3.8) is 0 Å². The molecule has 8 aromatic rings. The van der Waals surface area contributed by atoms with Crippen LogP contribution in [0.2, 0.25) is 0 Å². The van der Waals surface area contributed by atoms with Crippen LogP contribution in [0, 0.1) is 22.7 Å². The molecule has 6 nitrogen and oxygen atoms in total. The molecule has 0 N–H and O–H groups in total. The average molecular weight is 601 g/mol. The van der Waals surface area contributed by atoms with Crippen molar-refractivity contribution in [2.75, 3.05) is 0 Å². The van der Waals surface area contributed by atoms with Crippen LogP contribution in [0.15, 0.2) is 146 Å². The van der Waals surface area contributed by atoms with Gasteiger partial charge in [0.1, 0.15) is 0 Å². The minimum absolute atomic E-state index is 0.473. The monoisotopic (exact) mass is 600 g/mol. The third kappa shape index (κ3) is 4.97. The van der Waals surface area contributed by atoms with Crippen LogP contribution >= 0.6 is 0 Å². The number of aromatic nitrogens is 4. The first kappa shape index (κ1) is 27.6. The highest BCUT2D eigenvalue weighted by Gasteiger charge is 2.20. The molecule has 2 aromatic heterocycles. The van der Waals surface area contributed by atoms with E-state index >= 15 is 0 Å². The number of fused-ring (bicyclic) bond motifs is 3. The number of hydrogen-bond donors (Lipinski definition) is 0. The molecule has 0 spiro atoms. The molecule has 0 amide bonds. The fraction of sp³-hybridized carbons (Fsp3) is 0. The maximum Gasteiger partial charge on any atom is 0.166 e. The molecular weight excluding hydrogens is 576 g/mol. The maximum absolute atomic E-state index is 9.99. The predicted molar refractivity (Wildman–Crippen MR) is 185 cm³/mol. The summed E-state index contributed by atoms with van der Waals surface area (Å²) in [7, 11) is 0. The average Bonchev–Trinajstić information content (AvgIpc) is 3.48. The summed E-state index contributed by atoms with van der Waals surface area (Å²) in [6.45, 7) is 0. The van der Waals surface area contributed by atoms with Crippen molar-refractivity contribution in [3.05, 3.63) is 157 Å². The van der Waals surface area contributed by atoms with Crippen molar-refractivity contribution < 1.29 is 0 Å². The molecule has 218 valence electrons. The largest absolute Gasteiger partial charge is 0.308 e. The van der Waals surface area contributed by atoms with E-state index in [1.165, 1.54) is 0 Å². The Kier molecular flexibility index (Phi) is 6.80. The van der Waals surface area contributed by atoms with E-state index < -0.39 is 0 Å². The number of rotatable bonds is 5. The first-order valence-electron chi connectivity index (χ1n) is 15.2. The van der Waals surface area contributed by atoms with Crippen molar-refractivity contribution in [2.24, 2.45) is 0 Å². The molecule has 0 aliphatic carbocycles. The molecule has 0 bridgehead atoms. The standard InChI is InChI=1S/C41H24N6/c42-25-27-10-9-15-31(22-27)32-19-21-37-34(24-32)33-16-7-8-17-36(33)47(37)38-20-18-28(26-43)23-35(38)41-45-39(29-11-3-1-4-12-29)44-40(46-41)30-13-5-2-6-14-30/h1-24H. The lowest BCUT2D eigenvalue weighted by molar-refractivity contribution is 1.06. The molecule has 0 unspecified atom stereocenters. The Balaban J connectivity index is 1.40. The SMILES string of the molecule is N#Cc1cccc(-c2ccc3c(c2)c2ccccc2n3-c2ccc(C#N)cc2-c2nc(-c3ccccc3)nc(-c3ccccc3)n2)c1. The van der Waals surface area contributed by atoms with Gasteiger partial charge in [0.05, 0.1) is 40.0 Å². The highest BCUT2D eigenvalue weighted by atomic mass is 15.1. The Morgan fingerprint density at radius 2 is 1.00 bits per heavy atom. The van der Waals surface area contributed by atoms with Crippen molar-refractivity contribution >= 4 is 21.8 Å². The van der Waals surface area contributed by atoms with Crippen molar-refractivity contribution in [3.8, 4) is 63.1 Å². The first-order chi connectivity index (χ1) is 23.2. The minimum Gasteiger partial charge on any atom is -0.308 e. The molecule has 6 heteroatoms. The molecule has 0 saturated heterocycles.